The molecule has 1 heterocycles. The Morgan fingerprint density at radius 1 is 1.23 bits per heavy atom. The van der Waals surface area contributed by atoms with Crippen LogP contribution in [0.4, 0.5) is 11.4 Å². The molecular formula is C22H24N2O7. The molecule has 31 heavy (non-hydrogen) atoms. The third-order valence-corrected chi connectivity index (χ3v) is 5.01. The fraction of sp³-hybridized carbons (Fsp3) is 0.364. The molecule has 0 saturated carbocycles. The van der Waals surface area contributed by atoms with Gasteiger partial charge in [-0.25, -0.2) is 4.79 Å². The zero-order valence-corrected chi connectivity index (χ0v) is 17.6. The summed E-state index contributed by atoms with van der Waals surface area (Å²) in [6, 6.07) is 9.88. The van der Waals surface area contributed by atoms with Gasteiger partial charge in [0.15, 0.2) is 17.6 Å². The maximum absolute atomic E-state index is 13.0. The van der Waals surface area contributed by atoms with Gasteiger partial charge >= 0.3 is 5.97 Å². The first kappa shape index (κ1) is 22.1. The first-order chi connectivity index (χ1) is 14.9. The normalized spacial score (nSPS) is 13.7. The number of nitro benzene ring substituents is 1. The number of benzene rings is 2. The fourth-order valence-corrected chi connectivity index (χ4v) is 3.55. The Bertz CT molecular complexity index is 1010. The van der Waals surface area contributed by atoms with Crippen molar-refractivity contribution in [3.05, 3.63) is 57.6 Å². The molecule has 0 bridgehead atoms. The standard InChI is InChI=1S/C22H24N2O7/c1-4-30-20-12-16(18(24(27)28)13-19(20)29-3)22(26)31-14(2)21(25)23-11-7-9-15-8-5-6-10-17(15)23/h5-6,8,10,12-14H,4,7,9,11H2,1-3H3. The van der Waals surface area contributed by atoms with E-state index in [1.54, 1.807) is 11.8 Å². The number of aryl methyl sites for hydroxylation is 1. The molecule has 9 heteroatoms. The van der Waals surface area contributed by atoms with E-state index in [1.807, 2.05) is 24.3 Å². The summed E-state index contributed by atoms with van der Waals surface area (Å²) < 4.78 is 15.9. The van der Waals surface area contributed by atoms with Crippen molar-refractivity contribution >= 4 is 23.3 Å². The van der Waals surface area contributed by atoms with Gasteiger partial charge in [-0.05, 0) is 38.3 Å². The lowest BCUT2D eigenvalue weighted by atomic mass is 10.0. The van der Waals surface area contributed by atoms with E-state index in [4.69, 9.17) is 14.2 Å². The predicted octanol–water partition coefficient (Wildman–Crippen LogP) is 3.53. The summed E-state index contributed by atoms with van der Waals surface area (Å²) in [6.45, 7) is 3.97. The highest BCUT2D eigenvalue weighted by atomic mass is 16.6. The van der Waals surface area contributed by atoms with E-state index >= 15 is 0 Å². The average molecular weight is 428 g/mol. The topological polar surface area (TPSA) is 108 Å². The van der Waals surface area contributed by atoms with E-state index in [0.29, 0.717) is 6.54 Å². The number of para-hydroxylation sites is 1. The molecule has 0 radical (unpaired) electrons. The maximum Gasteiger partial charge on any atom is 0.346 e. The molecule has 0 saturated heterocycles. The van der Waals surface area contributed by atoms with E-state index in [9.17, 15) is 19.7 Å². The molecule has 0 N–H and O–H groups in total. The lowest BCUT2D eigenvalue weighted by Gasteiger charge is -2.31. The molecule has 0 aromatic heterocycles. The molecule has 9 nitrogen and oxygen atoms in total. The zero-order valence-electron chi connectivity index (χ0n) is 17.6. The maximum atomic E-state index is 13.0. The first-order valence-electron chi connectivity index (χ1n) is 9.96. The molecule has 164 valence electrons. The predicted molar refractivity (Wildman–Crippen MR) is 113 cm³/mol. The number of amides is 1. The largest absolute Gasteiger partial charge is 0.493 e. The van der Waals surface area contributed by atoms with Crippen LogP contribution in [0, 0.1) is 10.1 Å². The highest BCUT2D eigenvalue weighted by Gasteiger charge is 2.31. The van der Waals surface area contributed by atoms with Crippen molar-refractivity contribution in [3.63, 3.8) is 0 Å². The Hall–Kier alpha value is -3.62. The van der Waals surface area contributed by atoms with Crippen molar-refractivity contribution in [2.24, 2.45) is 0 Å². The van der Waals surface area contributed by atoms with E-state index in [2.05, 4.69) is 0 Å². The number of esters is 1. The van der Waals surface area contributed by atoms with Crippen LogP contribution < -0.4 is 14.4 Å². The molecule has 0 aliphatic carbocycles. The second kappa shape index (κ2) is 9.46. The van der Waals surface area contributed by atoms with E-state index in [-0.39, 0.29) is 29.6 Å². The number of fused-ring (bicyclic) bond motifs is 1. The van der Waals surface area contributed by atoms with Gasteiger partial charge in [-0.2, -0.15) is 0 Å². The third kappa shape index (κ3) is 4.60. The molecule has 2 aromatic rings. The lowest BCUT2D eigenvalue weighted by molar-refractivity contribution is -0.385. The Kier molecular flexibility index (Phi) is 6.74. The molecule has 2 aromatic carbocycles. The summed E-state index contributed by atoms with van der Waals surface area (Å²) in [7, 11) is 1.34. The van der Waals surface area contributed by atoms with Gasteiger partial charge in [0.05, 0.1) is 24.7 Å². The SMILES string of the molecule is CCOc1cc(C(=O)OC(C)C(=O)N2CCCc3ccccc32)c([N+](=O)[O-])cc1OC. The Morgan fingerprint density at radius 2 is 1.97 bits per heavy atom. The van der Waals surface area contributed by atoms with Crippen molar-refractivity contribution in [2.45, 2.75) is 32.8 Å². The number of nitrogens with zero attached hydrogens (tertiary/aromatic N) is 2. The van der Waals surface area contributed by atoms with Crippen molar-refractivity contribution in [3.8, 4) is 11.5 Å². The minimum absolute atomic E-state index is 0.124. The van der Waals surface area contributed by atoms with Crippen LogP contribution in [0.25, 0.3) is 0 Å². The van der Waals surface area contributed by atoms with Crippen molar-refractivity contribution < 1.29 is 28.7 Å². The van der Waals surface area contributed by atoms with Gasteiger partial charge in [-0.15, -0.1) is 0 Å². The molecule has 1 aliphatic rings. The fourth-order valence-electron chi connectivity index (χ4n) is 3.55. The van der Waals surface area contributed by atoms with Crippen LogP contribution in [0.5, 0.6) is 11.5 Å². The number of ether oxygens (including phenoxy) is 3. The van der Waals surface area contributed by atoms with Crippen LogP contribution in [0.3, 0.4) is 0 Å². The monoisotopic (exact) mass is 428 g/mol. The van der Waals surface area contributed by atoms with Crippen LogP contribution >= 0.6 is 0 Å². The number of anilines is 1. The van der Waals surface area contributed by atoms with Crippen LogP contribution in [0.15, 0.2) is 36.4 Å². The number of rotatable bonds is 7. The van der Waals surface area contributed by atoms with Crippen LogP contribution in [-0.2, 0) is 16.0 Å². The van der Waals surface area contributed by atoms with Crippen LogP contribution in [-0.4, -0.2) is 43.2 Å². The number of hydrogen-bond donors (Lipinski definition) is 0. The van der Waals surface area contributed by atoms with Gasteiger partial charge < -0.3 is 19.1 Å². The Morgan fingerprint density at radius 3 is 2.65 bits per heavy atom. The van der Waals surface area contributed by atoms with Gasteiger partial charge in [-0.1, -0.05) is 18.2 Å². The second-order valence-corrected chi connectivity index (χ2v) is 6.98. The van der Waals surface area contributed by atoms with E-state index < -0.39 is 22.7 Å². The van der Waals surface area contributed by atoms with Crippen molar-refractivity contribution in [2.75, 3.05) is 25.2 Å². The molecule has 1 unspecified atom stereocenters. The van der Waals surface area contributed by atoms with E-state index in [0.717, 1.165) is 30.2 Å². The molecule has 0 spiro atoms. The van der Waals surface area contributed by atoms with Crippen molar-refractivity contribution in [1.82, 2.24) is 0 Å². The number of nitro groups is 1. The van der Waals surface area contributed by atoms with Crippen LogP contribution in [0.1, 0.15) is 36.2 Å². The van der Waals surface area contributed by atoms with Gasteiger partial charge in [0, 0.05) is 18.3 Å². The van der Waals surface area contributed by atoms with E-state index in [1.165, 1.54) is 20.1 Å². The molecular weight excluding hydrogens is 404 g/mol. The molecule has 1 atom stereocenters. The molecule has 1 aliphatic heterocycles. The molecule has 1 amide bonds. The minimum atomic E-state index is -1.13. The molecule has 0 fully saturated rings. The third-order valence-electron chi connectivity index (χ3n) is 5.01. The number of methoxy groups -OCH3 is 1. The van der Waals surface area contributed by atoms with Gasteiger partial charge in [0.25, 0.3) is 11.6 Å². The minimum Gasteiger partial charge on any atom is -0.493 e. The summed E-state index contributed by atoms with van der Waals surface area (Å²) in [5.74, 6) is -1.08. The Labute approximate surface area is 179 Å². The number of hydrogen-bond acceptors (Lipinski definition) is 7. The quantitative estimate of drug-likeness (QED) is 0.377. The lowest BCUT2D eigenvalue weighted by Crippen LogP contribution is -2.42. The van der Waals surface area contributed by atoms with Crippen LogP contribution in [0.2, 0.25) is 0 Å². The summed E-state index contributed by atoms with van der Waals surface area (Å²) in [4.78, 5) is 38.1. The molecule has 3 rings (SSSR count). The van der Waals surface area contributed by atoms with Gasteiger partial charge in [-0.3, -0.25) is 14.9 Å². The summed E-state index contributed by atoms with van der Waals surface area (Å²) in [6.07, 6.45) is 0.535. The highest BCUT2D eigenvalue weighted by Crippen LogP contribution is 2.35. The van der Waals surface area contributed by atoms with Gasteiger partial charge in [0.2, 0.25) is 0 Å². The first-order valence-corrected chi connectivity index (χ1v) is 9.96. The summed E-state index contributed by atoms with van der Waals surface area (Å²) >= 11 is 0. The average Bonchev–Trinajstić information content (AvgIpc) is 2.77. The number of carbonyl (C=O) groups excluding carboxylic acids is 2. The summed E-state index contributed by atoms with van der Waals surface area (Å²) in [5, 5.41) is 11.5. The zero-order chi connectivity index (χ0) is 22.5. The second-order valence-electron chi connectivity index (χ2n) is 6.98. The smallest absolute Gasteiger partial charge is 0.346 e. The highest BCUT2D eigenvalue weighted by molar-refractivity contribution is 6.01. The van der Waals surface area contributed by atoms with Gasteiger partial charge in [0.1, 0.15) is 5.56 Å². The van der Waals surface area contributed by atoms with Crippen molar-refractivity contribution in [1.29, 1.82) is 0 Å². The summed E-state index contributed by atoms with van der Waals surface area (Å²) in [5.41, 5.74) is 1.03. The Balaban J connectivity index is 1.85. The number of carbonyl (C=O) groups is 2.